The van der Waals surface area contributed by atoms with Gasteiger partial charge >= 0.3 is 18.1 Å². The second kappa shape index (κ2) is 9.59. The number of aliphatic imine (C=N–C) groups is 1. The molecule has 26 heavy (non-hydrogen) atoms. The van der Waals surface area contributed by atoms with E-state index in [0.29, 0.717) is 44.9 Å². The highest BCUT2D eigenvalue weighted by Crippen LogP contribution is 2.36. The van der Waals surface area contributed by atoms with Gasteiger partial charge in [-0.15, -0.1) is 0 Å². The third-order valence-electron chi connectivity index (χ3n) is 4.39. The first-order valence-corrected chi connectivity index (χ1v) is 8.49. The van der Waals surface area contributed by atoms with Crippen LogP contribution in [0.2, 0.25) is 0 Å². The summed E-state index contributed by atoms with van der Waals surface area (Å²) in [6.45, 7) is 2.21. The molecule has 0 bridgehead atoms. The monoisotopic (exact) mass is 378 g/mol. The van der Waals surface area contributed by atoms with Crippen LogP contribution in [-0.2, 0) is 14.3 Å². The van der Waals surface area contributed by atoms with E-state index < -0.39 is 29.5 Å². The second-order valence-corrected chi connectivity index (χ2v) is 6.24. The zero-order chi connectivity index (χ0) is 19.9. The predicted molar refractivity (Wildman–Crippen MR) is 89.9 cm³/mol. The van der Waals surface area contributed by atoms with Gasteiger partial charge in [-0.05, 0) is 32.1 Å². The van der Waals surface area contributed by atoms with E-state index >= 15 is 0 Å². The van der Waals surface area contributed by atoms with Crippen LogP contribution in [0.1, 0.15) is 39.0 Å². The number of carbonyl (C=O) groups is 2. The van der Waals surface area contributed by atoms with E-state index in [1.807, 2.05) is 6.92 Å². The van der Waals surface area contributed by atoms with Gasteiger partial charge < -0.3 is 14.7 Å². The molecule has 0 atom stereocenters. The highest BCUT2D eigenvalue weighted by molar-refractivity contribution is 6.09. The molecule has 0 saturated heterocycles. The van der Waals surface area contributed by atoms with Crippen molar-refractivity contribution in [1.82, 2.24) is 4.90 Å². The summed E-state index contributed by atoms with van der Waals surface area (Å²) in [6, 6.07) is -0.513. The van der Waals surface area contributed by atoms with Crippen molar-refractivity contribution in [1.29, 1.82) is 0 Å². The smallest absolute Gasteiger partial charge is 0.432 e. The quantitative estimate of drug-likeness (QED) is 0.418. The molecule has 0 aliphatic heterocycles. The van der Waals surface area contributed by atoms with E-state index in [4.69, 9.17) is 9.84 Å². The summed E-state index contributed by atoms with van der Waals surface area (Å²) in [5.41, 5.74) is -2.13. The number of rotatable bonds is 7. The number of hydrogen-bond donors (Lipinski definition) is 1. The summed E-state index contributed by atoms with van der Waals surface area (Å²) >= 11 is 0. The van der Waals surface area contributed by atoms with Crippen LogP contribution in [0.4, 0.5) is 13.2 Å². The van der Waals surface area contributed by atoms with E-state index in [9.17, 15) is 22.8 Å². The van der Waals surface area contributed by atoms with Crippen molar-refractivity contribution in [3.8, 4) is 0 Å². The lowest BCUT2D eigenvalue weighted by atomic mass is 9.85. The van der Waals surface area contributed by atoms with Gasteiger partial charge in [-0.1, -0.05) is 6.92 Å². The largest absolute Gasteiger partial charge is 0.478 e. The predicted octanol–water partition coefficient (Wildman–Crippen LogP) is 3.03. The Morgan fingerprint density at radius 1 is 1.27 bits per heavy atom. The molecule has 9 heteroatoms. The number of carboxylic acid groups (broad SMARTS) is 1. The summed E-state index contributed by atoms with van der Waals surface area (Å²) in [7, 11) is 2.44. The van der Waals surface area contributed by atoms with Gasteiger partial charge in [0.1, 0.15) is 11.3 Å². The van der Waals surface area contributed by atoms with E-state index in [-0.39, 0.29) is 11.9 Å². The van der Waals surface area contributed by atoms with Crippen LogP contribution in [0.15, 0.2) is 16.3 Å². The average molecular weight is 378 g/mol. The van der Waals surface area contributed by atoms with Gasteiger partial charge in [-0.3, -0.25) is 9.79 Å². The van der Waals surface area contributed by atoms with Gasteiger partial charge in [0, 0.05) is 26.4 Å². The molecular formula is C17H25F3N2O4. The van der Waals surface area contributed by atoms with Crippen molar-refractivity contribution >= 4 is 18.2 Å². The Balaban J connectivity index is 2.95. The normalized spacial score (nSPS) is 22.1. The molecule has 0 unspecified atom stereocenters. The van der Waals surface area contributed by atoms with Crippen LogP contribution in [0.3, 0.4) is 0 Å². The molecule has 0 aromatic carbocycles. The summed E-state index contributed by atoms with van der Waals surface area (Å²) < 4.78 is 45.6. The fourth-order valence-electron chi connectivity index (χ4n) is 3.09. The number of esters is 1. The van der Waals surface area contributed by atoms with Crippen LogP contribution in [0, 0.1) is 5.92 Å². The number of hydrogen-bond acceptors (Lipinski definition) is 5. The fraction of sp³-hybridized carbons (Fsp3) is 0.706. The number of nitrogens with zero attached hydrogens (tertiary/aromatic N) is 2. The molecule has 1 aliphatic rings. The molecule has 0 radical (unpaired) electrons. The SMILES string of the molecule is CCCOC(=O)[C@H]1CC[C@H](N(C)/C(=C(\C=N/C)C(=O)O)C(F)(F)F)CC1. The fourth-order valence-corrected chi connectivity index (χ4v) is 3.09. The highest BCUT2D eigenvalue weighted by Gasteiger charge is 2.43. The van der Waals surface area contributed by atoms with E-state index in [0.717, 1.165) is 4.90 Å². The van der Waals surface area contributed by atoms with Gasteiger partial charge in [0.15, 0.2) is 0 Å². The lowest BCUT2D eigenvalue weighted by molar-refractivity contribution is -0.150. The first-order valence-electron chi connectivity index (χ1n) is 8.49. The third-order valence-corrected chi connectivity index (χ3v) is 4.39. The Bertz CT molecular complexity index is 565. The number of carboxylic acids is 1. The van der Waals surface area contributed by atoms with Crippen LogP contribution in [-0.4, -0.2) is 61.1 Å². The van der Waals surface area contributed by atoms with Crippen molar-refractivity contribution in [3.63, 3.8) is 0 Å². The maximum Gasteiger partial charge on any atom is 0.432 e. The Hall–Kier alpha value is -2.06. The molecule has 0 amide bonds. The van der Waals surface area contributed by atoms with Crippen molar-refractivity contribution in [2.75, 3.05) is 20.7 Å². The zero-order valence-electron chi connectivity index (χ0n) is 15.2. The summed E-state index contributed by atoms with van der Waals surface area (Å²) in [4.78, 5) is 27.5. The first kappa shape index (κ1) is 22.0. The summed E-state index contributed by atoms with van der Waals surface area (Å²) in [5, 5.41) is 9.15. The Labute approximate surface area is 150 Å². The number of halogens is 3. The molecule has 1 N–H and O–H groups in total. The number of allylic oxidation sites excluding steroid dienone is 1. The van der Waals surface area contributed by atoms with Gasteiger partial charge in [-0.25, -0.2) is 4.79 Å². The van der Waals surface area contributed by atoms with E-state index in [1.165, 1.54) is 14.1 Å². The topological polar surface area (TPSA) is 79.2 Å². The summed E-state index contributed by atoms with van der Waals surface area (Å²) in [5.74, 6) is -2.32. The van der Waals surface area contributed by atoms with Gasteiger partial charge in [0.05, 0.1) is 12.5 Å². The first-order chi connectivity index (χ1) is 12.1. The minimum atomic E-state index is -4.83. The number of ether oxygens (including phenoxy) is 1. The maximum atomic E-state index is 13.5. The summed E-state index contributed by atoms with van der Waals surface area (Å²) in [6.07, 6.45) is -1.91. The molecule has 0 aromatic heterocycles. The molecular weight excluding hydrogens is 353 g/mol. The standard InChI is InChI=1S/C17H25F3N2O4/c1-4-9-26-16(25)11-5-7-12(8-6-11)22(3)14(17(18,19)20)13(10-21-2)15(23)24/h10-12H,4-9H2,1-3H3,(H,23,24)/b14-13+,21-10-/t11-,12-. The van der Waals surface area contributed by atoms with Gasteiger partial charge in [0.25, 0.3) is 0 Å². The molecule has 1 saturated carbocycles. The zero-order valence-corrected chi connectivity index (χ0v) is 15.2. The Morgan fingerprint density at radius 2 is 1.85 bits per heavy atom. The number of aliphatic carboxylic acids is 1. The van der Waals surface area contributed by atoms with Crippen LogP contribution < -0.4 is 0 Å². The minimum absolute atomic E-state index is 0.316. The van der Waals surface area contributed by atoms with Gasteiger partial charge in [0.2, 0.25) is 0 Å². The molecule has 6 nitrogen and oxygen atoms in total. The molecule has 0 spiro atoms. The molecule has 0 heterocycles. The molecule has 1 aliphatic carbocycles. The highest BCUT2D eigenvalue weighted by atomic mass is 19.4. The molecule has 148 valence electrons. The van der Waals surface area contributed by atoms with Crippen molar-refractivity contribution in [2.45, 2.75) is 51.2 Å². The van der Waals surface area contributed by atoms with Gasteiger partial charge in [-0.2, -0.15) is 13.2 Å². The maximum absolute atomic E-state index is 13.5. The Morgan fingerprint density at radius 3 is 2.27 bits per heavy atom. The van der Waals surface area contributed by atoms with E-state index in [1.54, 1.807) is 0 Å². The minimum Gasteiger partial charge on any atom is -0.478 e. The van der Waals surface area contributed by atoms with Crippen molar-refractivity contribution in [2.24, 2.45) is 10.9 Å². The third kappa shape index (κ3) is 5.74. The van der Waals surface area contributed by atoms with Crippen LogP contribution in [0.25, 0.3) is 0 Å². The Kier molecular flexibility index (Phi) is 8.10. The van der Waals surface area contributed by atoms with Crippen molar-refractivity contribution in [3.05, 3.63) is 11.3 Å². The van der Waals surface area contributed by atoms with Crippen molar-refractivity contribution < 1.29 is 32.6 Å². The lowest BCUT2D eigenvalue weighted by Crippen LogP contribution is -2.41. The van der Waals surface area contributed by atoms with E-state index in [2.05, 4.69) is 4.99 Å². The average Bonchev–Trinajstić information content (AvgIpc) is 2.57. The second-order valence-electron chi connectivity index (χ2n) is 6.24. The number of carbonyl (C=O) groups excluding carboxylic acids is 1. The lowest BCUT2D eigenvalue weighted by Gasteiger charge is -2.37. The number of alkyl halides is 3. The molecule has 1 rings (SSSR count). The van der Waals surface area contributed by atoms with Crippen LogP contribution >= 0.6 is 0 Å². The van der Waals surface area contributed by atoms with Crippen LogP contribution in [0.5, 0.6) is 0 Å². The molecule has 1 fully saturated rings. The molecule has 0 aromatic rings.